The molecule has 0 bridgehead atoms. The molecule has 0 aromatic carbocycles. The Kier molecular flexibility index (Phi) is 14.4. The lowest BCUT2D eigenvalue weighted by atomic mass is 10.2. The zero-order chi connectivity index (χ0) is 5.54. The van der Waals surface area contributed by atoms with Gasteiger partial charge in [-0.2, -0.15) is 13.5 Å². The number of rotatable bonds is 4. The predicted octanol–water partition coefficient (Wildman–Crippen LogP) is 1.64. The Morgan fingerprint density at radius 2 is 1.75 bits per heavy atom. The Balaban J connectivity index is 0. The predicted molar refractivity (Wildman–Crippen MR) is 43.6 cm³/mol. The van der Waals surface area contributed by atoms with Crippen molar-refractivity contribution in [1.29, 1.82) is 0 Å². The summed E-state index contributed by atoms with van der Waals surface area (Å²) in [5.74, 6) is 0. The van der Waals surface area contributed by atoms with Gasteiger partial charge in [0.1, 0.15) is 0 Å². The largest absolute Gasteiger partial charge is 0.330 e. The van der Waals surface area contributed by atoms with Gasteiger partial charge in [0, 0.05) is 0 Å². The molecule has 0 fully saturated rings. The van der Waals surface area contributed by atoms with Crippen molar-refractivity contribution in [1.82, 2.24) is 0 Å². The Morgan fingerprint density at radius 3 is 2.12 bits per heavy atom. The van der Waals surface area contributed by atoms with E-state index in [1.54, 1.807) is 0 Å². The first-order chi connectivity index (χ1) is 3.41. The molecule has 8 heavy (non-hydrogen) atoms. The van der Waals surface area contributed by atoms with Crippen LogP contribution in [0.3, 0.4) is 0 Å². The molecule has 0 spiro atoms. The SMILES string of the molecule is CCCCCCN.S. The highest BCUT2D eigenvalue weighted by molar-refractivity contribution is 7.59. The molecule has 0 aliphatic carbocycles. The Bertz CT molecular complexity index is 27.7. The van der Waals surface area contributed by atoms with Gasteiger partial charge in [-0.15, -0.1) is 0 Å². The molecule has 52 valence electrons. The molecule has 0 saturated carbocycles. The minimum absolute atomic E-state index is 0. The second-order valence-corrected chi connectivity index (χ2v) is 1.85. The average Bonchev–Trinajstić information content (AvgIpc) is 1.69. The third-order valence-electron chi connectivity index (χ3n) is 1.06. The van der Waals surface area contributed by atoms with E-state index in [0.717, 1.165) is 6.54 Å². The van der Waals surface area contributed by atoms with Crippen molar-refractivity contribution in [2.45, 2.75) is 32.6 Å². The zero-order valence-corrected chi connectivity index (χ0v) is 6.61. The van der Waals surface area contributed by atoms with Gasteiger partial charge in [-0.05, 0) is 13.0 Å². The number of unbranched alkanes of at least 4 members (excludes halogenated alkanes) is 3. The van der Waals surface area contributed by atoms with Crippen LogP contribution in [0.2, 0.25) is 0 Å². The molecule has 0 aliphatic heterocycles. The maximum atomic E-state index is 5.27. The van der Waals surface area contributed by atoms with Crippen LogP contribution in [0.15, 0.2) is 0 Å². The number of hydrogen-bond donors (Lipinski definition) is 1. The second-order valence-electron chi connectivity index (χ2n) is 1.85. The standard InChI is InChI=1S/C6H15N.H2S/c1-2-3-4-5-6-7;/h2-7H2,1H3;1H2. The van der Waals surface area contributed by atoms with Crippen LogP contribution >= 0.6 is 13.5 Å². The van der Waals surface area contributed by atoms with E-state index in [2.05, 4.69) is 6.92 Å². The number of hydrogen-bond acceptors (Lipinski definition) is 1. The Hall–Kier alpha value is 0.310. The van der Waals surface area contributed by atoms with Crippen molar-refractivity contribution in [2.75, 3.05) is 6.54 Å². The van der Waals surface area contributed by atoms with Crippen molar-refractivity contribution in [3.05, 3.63) is 0 Å². The molecule has 2 N–H and O–H groups in total. The fourth-order valence-corrected chi connectivity index (χ4v) is 0.571. The van der Waals surface area contributed by atoms with Gasteiger partial charge in [0.2, 0.25) is 0 Å². The van der Waals surface area contributed by atoms with Crippen LogP contribution in [-0.4, -0.2) is 6.54 Å². The quantitative estimate of drug-likeness (QED) is 0.583. The Labute approximate surface area is 59.1 Å². The summed E-state index contributed by atoms with van der Waals surface area (Å²) in [4.78, 5) is 0. The van der Waals surface area contributed by atoms with Crippen LogP contribution in [0.4, 0.5) is 0 Å². The molecule has 2 heteroatoms. The summed E-state index contributed by atoms with van der Waals surface area (Å²) in [7, 11) is 0. The fourth-order valence-electron chi connectivity index (χ4n) is 0.571. The molecule has 0 heterocycles. The molecule has 1 nitrogen and oxygen atoms in total. The topological polar surface area (TPSA) is 26.0 Å². The minimum Gasteiger partial charge on any atom is -0.330 e. The van der Waals surface area contributed by atoms with E-state index in [0.29, 0.717) is 0 Å². The number of nitrogens with two attached hydrogens (primary N) is 1. The first kappa shape index (κ1) is 11.2. The smallest absolute Gasteiger partial charge is 0.00773 e. The van der Waals surface area contributed by atoms with E-state index in [-0.39, 0.29) is 13.5 Å². The molecule has 0 atom stereocenters. The summed E-state index contributed by atoms with van der Waals surface area (Å²) < 4.78 is 0. The molecular formula is C6H17NS. The van der Waals surface area contributed by atoms with Crippen LogP contribution in [0.1, 0.15) is 32.6 Å². The molecule has 0 aliphatic rings. The molecule has 0 amide bonds. The summed E-state index contributed by atoms with van der Waals surface area (Å²) in [5.41, 5.74) is 5.27. The van der Waals surface area contributed by atoms with E-state index < -0.39 is 0 Å². The summed E-state index contributed by atoms with van der Waals surface area (Å²) >= 11 is 0. The molecule has 0 saturated heterocycles. The van der Waals surface area contributed by atoms with Crippen molar-refractivity contribution in [3.8, 4) is 0 Å². The van der Waals surface area contributed by atoms with Crippen molar-refractivity contribution >= 4 is 13.5 Å². The maximum Gasteiger partial charge on any atom is -0.00773 e. The first-order valence-electron chi connectivity index (χ1n) is 3.12. The highest BCUT2D eigenvalue weighted by Crippen LogP contribution is 1.95. The van der Waals surface area contributed by atoms with Gasteiger partial charge in [0.05, 0.1) is 0 Å². The summed E-state index contributed by atoms with van der Waals surface area (Å²) in [6.07, 6.45) is 5.16. The summed E-state index contributed by atoms with van der Waals surface area (Å²) in [6.45, 7) is 3.07. The lowest BCUT2D eigenvalue weighted by Crippen LogP contribution is -1.97. The van der Waals surface area contributed by atoms with Gasteiger partial charge in [0.15, 0.2) is 0 Å². The van der Waals surface area contributed by atoms with E-state index in [9.17, 15) is 0 Å². The van der Waals surface area contributed by atoms with Crippen LogP contribution in [0.25, 0.3) is 0 Å². The molecule has 0 rings (SSSR count). The third-order valence-corrected chi connectivity index (χ3v) is 1.06. The van der Waals surface area contributed by atoms with Crippen molar-refractivity contribution in [3.63, 3.8) is 0 Å². The highest BCUT2D eigenvalue weighted by Gasteiger charge is 1.80. The zero-order valence-electron chi connectivity index (χ0n) is 5.61. The molecule has 0 aromatic rings. The van der Waals surface area contributed by atoms with Gasteiger partial charge in [-0.3, -0.25) is 0 Å². The van der Waals surface area contributed by atoms with Gasteiger partial charge < -0.3 is 5.73 Å². The van der Waals surface area contributed by atoms with E-state index in [4.69, 9.17) is 5.73 Å². The second kappa shape index (κ2) is 10.3. The van der Waals surface area contributed by atoms with Crippen LogP contribution in [-0.2, 0) is 0 Å². The summed E-state index contributed by atoms with van der Waals surface area (Å²) in [5, 5.41) is 0. The van der Waals surface area contributed by atoms with Gasteiger partial charge in [0.25, 0.3) is 0 Å². The lowest BCUT2D eigenvalue weighted by molar-refractivity contribution is 0.674. The molecule has 0 aromatic heterocycles. The first-order valence-corrected chi connectivity index (χ1v) is 3.12. The summed E-state index contributed by atoms with van der Waals surface area (Å²) in [6, 6.07) is 0. The van der Waals surface area contributed by atoms with Crippen LogP contribution < -0.4 is 5.73 Å². The van der Waals surface area contributed by atoms with Gasteiger partial charge in [-0.1, -0.05) is 26.2 Å². The average molecular weight is 135 g/mol. The van der Waals surface area contributed by atoms with E-state index in [1.807, 2.05) is 0 Å². The maximum absolute atomic E-state index is 5.27. The lowest BCUT2D eigenvalue weighted by Gasteiger charge is -1.90. The molecule has 0 radical (unpaired) electrons. The monoisotopic (exact) mass is 135 g/mol. The van der Waals surface area contributed by atoms with Gasteiger partial charge >= 0.3 is 0 Å². The molecular weight excluding hydrogens is 118 g/mol. The Morgan fingerprint density at radius 1 is 1.12 bits per heavy atom. The van der Waals surface area contributed by atoms with E-state index >= 15 is 0 Å². The van der Waals surface area contributed by atoms with Crippen molar-refractivity contribution in [2.24, 2.45) is 5.73 Å². The van der Waals surface area contributed by atoms with E-state index in [1.165, 1.54) is 25.7 Å². The van der Waals surface area contributed by atoms with Crippen molar-refractivity contribution < 1.29 is 0 Å². The van der Waals surface area contributed by atoms with Crippen LogP contribution in [0.5, 0.6) is 0 Å². The highest BCUT2D eigenvalue weighted by atomic mass is 32.1. The fraction of sp³-hybridized carbons (Fsp3) is 1.00. The van der Waals surface area contributed by atoms with Gasteiger partial charge in [-0.25, -0.2) is 0 Å². The minimum atomic E-state index is 0. The van der Waals surface area contributed by atoms with Crippen LogP contribution in [0, 0.1) is 0 Å². The normalized spacial score (nSPS) is 8.25. The third kappa shape index (κ3) is 9.58. The molecule has 0 unspecified atom stereocenters.